The van der Waals surface area contributed by atoms with Crippen molar-refractivity contribution in [2.24, 2.45) is 11.3 Å². The van der Waals surface area contributed by atoms with E-state index in [0.29, 0.717) is 17.3 Å². The minimum absolute atomic E-state index is 0.336. The molecule has 19 heavy (non-hydrogen) atoms. The lowest BCUT2D eigenvalue weighted by Gasteiger charge is -2.33. The summed E-state index contributed by atoms with van der Waals surface area (Å²) in [7, 11) is 0. The van der Waals surface area contributed by atoms with Crippen LogP contribution in [0.25, 0.3) is 0 Å². The van der Waals surface area contributed by atoms with E-state index >= 15 is 0 Å². The molecule has 2 unspecified atom stereocenters. The molecular weight excluding hydrogens is 228 g/mol. The van der Waals surface area contributed by atoms with Gasteiger partial charge in [-0.15, -0.1) is 0 Å². The van der Waals surface area contributed by atoms with Crippen molar-refractivity contribution in [3.8, 4) is 0 Å². The molecule has 0 amide bonds. The van der Waals surface area contributed by atoms with Crippen LogP contribution in [0.4, 0.5) is 0 Å². The standard InChI is InChI=1S/C19H32/c1-8-15(4)13-18(19(5,6)7)17-11-9-16(10-12-17)14(2)3/h9-12,14-15,18H,8,13H2,1-7H3. The molecule has 108 valence electrons. The summed E-state index contributed by atoms with van der Waals surface area (Å²) in [6.45, 7) is 16.3. The summed E-state index contributed by atoms with van der Waals surface area (Å²) < 4.78 is 0. The molecule has 0 N–H and O–H groups in total. The smallest absolute Gasteiger partial charge is 0.0111 e. The van der Waals surface area contributed by atoms with Crippen molar-refractivity contribution < 1.29 is 0 Å². The molecule has 1 aromatic carbocycles. The molecule has 0 heterocycles. The van der Waals surface area contributed by atoms with Crippen molar-refractivity contribution >= 4 is 0 Å². The average Bonchev–Trinajstić information content (AvgIpc) is 2.34. The Hall–Kier alpha value is -0.780. The zero-order chi connectivity index (χ0) is 14.6. The molecule has 0 saturated carbocycles. The fourth-order valence-corrected chi connectivity index (χ4v) is 2.67. The third-order valence-electron chi connectivity index (χ3n) is 4.39. The molecule has 0 saturated heterocycles. The Morgan fingerprint density at radius 3 is 1.74 bits per heavy atom. The Balaban J connectivity index is 2.97. The molecular formula is C19H32. The summed E-state index contributed by atoms with van der Waals surface area (Å²) in [5, 5.41) is 0. The van der Waals surface area contributed by atoms with Crippen LogP contribution in [0, 0.1) is 11.3 Å². The number of hydrogen-bond acceptors (Lipinski definition) is 0. The van der Waals surface area contributed by atoms with E-state index in [2.05, 4.69) is 72.7 Å². The molecule has 1 rings (SSSR count). The molecule has 0 heteroatoms. The normalized spacial score (nSPS) is 15.6. The van der Waals surface area contributed by atoms with Gasteiger partial charge in [-0.2, -0.15) is 0 Å². The Labute approximate surface area is 120 Å². The summed E-state index contributed by atoms with van der Waals surface area (Å²) in [5.41, 5.74) is 3.29. The first kappa shape index (κ1) is 16.3. The minimum Gasteiger partial charge on any atom is -0.0651 e. The van der Waals surface area contributed by atoms with Gasteiger partial charge >= 0.3 is 0 Å². The van der Waals surface area contributed by atoms with E-state index in [0.717, 1.165) is 5.92 Å². The molecule has 2 atom stereocenters. The van der Waals surface area contributed by atoms with Gasteiger partial charge in [0.25, 0.3) is 0 Å². The first-order valence-corrected chi connectivity index (χ1v) is 7.85. The maximum atomic E-state index is 2.38. The van der Waals surface area contributed by atoms with E-state index in [4.69, 9.17) is 0 Å². The van der Waals surface area contributed by atoms with E-state index in [1.54, 1.807) is 0 Å². The zero-order valence-corrected chi connectivity index (χ0v) is 14.0. The molecule has 0 aliphatic rings. The highest BCUT2D eigenvalue weighted by molar-refractivity contribution is 5.28. The topological polar surface area (TPSA) is 0 Å². The van der Waals surface area contributed by atoms with Crippen molar-refractivity contribution in [3.63, 3.8) is 0 Å². The first-order chi connectivity index (χ1) is 8.75. The number of benzene rings is 1. The maximum absolute atomic E-state index is 2.38. The van der Waals surface area contributed by atoms with Crippen molar-refractivity contribution in [2.45, 2.75) is 73.1 Å². The Morgan fingerprint density at radius 2 is 1.37 bits per heavy atom. The van der Waals surface area contributed by atoms with Gasteiger partial charge in [0, 0.05) is 0 Å². The van der Waals surface area contributed by atoms with Gasteiger partial charge < -0.3 is 0 Å². The van der Waals surface area contributed by atoms with E-state index in [-0.39, 0.29) is 0 Å². The van der Waals surface area contributed by atoms with Gasteiger partial charge in [-0.1, -0.05) is 79.2 Å². The number of rotatable bonds is 5. The Morgan fingerprint density at radius 1 is 0.895 bits per heavy atom. The van der Waals surface area contributed by atoms with Crippen molar-refractivity contribution in [3.05, 3.63) is 35.4 Å². The third-order valence-corrected chi connectivity index (χ3v) is 4.39. The summed E-state index contributed by atoms with van der Waals surface area (Å²) in [6.07, 6.45) is 2.57. The van der Waals surface area contributed by atoms with Crippen LogP contribution in [0.15, 0.2) is 24.3 Å². The highest BCUT2D eigenvalue weighted by Crippen LogP contribution is 2.40. The lowest BCUT2D eigenvalue weighted by molar-refractivity contribution is 0.271. The predicted molar refractivity (Wildman–Crippen MR) is 86.8 cm³/mol. The van der Waals surface area contributed by atoms with E-state index in [9.17, 15) is 0 Å². The fourth-order valence-electron chi connectivity index (χ4n) is 2.67. The van der Waals surface area contributed by atoms with Crippen LogP contribution in [-0.4, -0.2) is 0 Å². The van der Waals surface area contributed by atoms with Crippen molar-refractivity contribution in [1.29, 1.82) is 0 Å². The Kier molecular flexibility index (Phi) is 5.64. The van der Waals surface area contributed by atoms with Gasteiger partial charge in [0.05, 0.1) is 0 Å². The molecule has 1 aromatic rings. The molecule has 0 aliphatic carbocycles. The van der Waals surface area contributed by atoms with Gasteiger partial charge in [0.1, 0.15) is 0 Å². The van der Waals surface area contributed by atoms with Crippen LogP contribution >= 0.6 is 0 Å². The summed E-state index contributed by atoms with van der Waals surface area (Å²) in [4.78, 5) is 0. The van der Waals surface area contributed by atoms with Gasteiger partial charge in [0.2, 0.25) is 0 Å². The van der Waals surface area contributed by atoms with Crippen LogP contribution in [0.3, 0.4) is 0 Å². The SMILES string of the molecule is CCC(C)CC(c1ccc(C(C)C)cc1)C(C)(C)C. The van der Waals surface area contributed by atoms with Gasteiger partial charge in [0.15, 0.2) is 0 Å². The molecule has 0 radical (unpaired) electrons. The van der Waals surface area contributed by atoms with E-state index in [1.807, 2.05) is 0 Å². The van der Waals surface area contributed by atoms with Crippen LogP contribution in [0.1, 0.15) is 84.3 Å². The monoisotopic (exact) mass is 260 g/mol. The molecule has 0 spiro atoms. The zero-order valence-electron chi connectivity index (χ0n) is 14.0. The molecule has 0 aromatic heterocycles. The number of hydrogen-bond donors (Lipinski definition) is 0. The molecule has 0 aliphatic heterocycles. The van der Waals surface area contributed by atoms with Gasteiger partial charge in [-0.3, -0.25) is 0 Å². The van der Waals surface area contributed by atoms with E-state index < -0.39 is 0 Å². The lowest BCUT2D eigenvalue weighted by Crippen LogP contribution is -2.20. The second-order valence-corrected chi connectivity index (χ2v) is 7.49. The molecule has 0 bridgehead atoms. The second-order valence-electron chi connectivity index (χ2n) is 7.49. The first-order valence-electron chi connectivity index (χ1n) is 7.85. The van der Waals surface area contributed by atoms with Crippen LogP contribution in [0.2, 0.25) is 0 Å². The highest BCUT2D eigenvalue weighted by Gasteiger charge is 2.27. The summed E-state index contributed by atoms with van der Waals surface area (Å²) >= 11 is 0. The average molecular weight is 260 g/mol. The highest BCUT2D eigenvalue weighted by atomic mass is 14.3. The van der Waals surface area contributed by atoms with Crippen LogP contribution < -0.4 is 0 Å². The van der Waals surface area contributed by atoms with E-state index in [1.165, 1.54) is 24.0 Å². The fraction of sp³-hybridized carbons (Fsp3) is 0.684. The second kappa shape index (κ2) is 6.59. The lowest BCUT2D eigenvalue weighted by atomic mass is 9.72. The predicted octanol–water partition coefficient (Wildman–Crippen LogP) is 6.38. The minimum atomic E-state index is 0.336. The third kappa shape index (κ3) is 4.67. The van der Waals surface area contributed by atoms with Crippen LogP contribution in [0.5, 0.6) is 0 Å². The Bertz CT molecular complexity index is 364. The largest absolute Gasteiger partial charge is 0.0651 e. The van der Waals surface area contributed by atoms with Crippen molar-refractivity contribution in [1.82, 2.24) is 0 Å². The van der Waals surface area contributed by atoms with Crippen LogP contribution in [-0.2, 0) is 0 Å². The van der Waals surface area contributed by atoms with Crippen molar-refractivity contribution in [2.75, 3.05) is 0 Å². The molecule has 0 fully saturated rings. The van der Waals surface area contributed by atoms with Gasteiger partial charge in [-0.25, -0.2) is 0 Å². The van der Waals surface area contributed by atoms with Gasteiger partial charge in [-0.05, 0) is 40.7 Å². The summed E-state index contributed by atoms with van der Waals surface area (Å²) in [5.74, 6) is 2.08. The molecule has 0 nitrogen and oxygen atoms in total. The quantitative estimate of drug-likeness (QED) is 0.576. The maximum Gasteiger partial charge on any atom is -0.0111 e. The summed E-state index contributed by atoms with van der Waals surface area (Å²) in [6, 6.07) is 9.34.